The molecule has 4 aromatic rings. The fourth-order valence-corrected chi connectivity index (χ4v) is 5.54. The maximum atomic E-state index is 12.6. The number of methoxy groups -OCH3 is 1. The zero-order chi connectivity index (χ0) is 33.3. The number of nitrogens with one attached hydrogen (secondary N) is 1. The van der Waals surface area contributed by atoms with Gasteiger partial charge in [0.05, 0.1) is 37.2 Å². The van der Waals surface area contributed by atoms with Gasteiger partial charge in [0.2, 0.25) is 5.95 Å². The Morgan fingerprint density at radius 2 is 1.91 bits per heavy atom. The van der Waals surface area contributed by atoms with Gasteiger partial charge < -0.3 is 29.3 Å². The second-order valence-corrected chi connectivity index (χ2v) is 12.9. The van der Waals surface area contributed by atoms with E-state index in [0.29, 0.717) is 48.8 Å². The summed E-state index contributed by atoms with van der Waals surface area (Å²) in [4.78, 5) is 25.7. The van der Waals surface area contributed by atoms with Gasteiger partial charge in [0.15, 0.2) is 17.2 Å². The number of benzene rings is 2. The number of carbonyl (C=O) groups excluding carboxylic acids is 1. The highest BCUT2D eigenvalue weighted by atomic mass is 35.5. The first kappa shape index (κ1) is 31.7. The Bertz CT molecular complexity index is 1890. The molecule has 0 spiro atoms. The molecule has 2 aromatic carbocycles. The normalized spacial score (nSPS) is 16.0. The van der Waals surface area contributed by atoms with Gasteiger partial charge in [-0.3, -0.25) is 0 Å². The standard InChI is InChI=1S/C33H34ClN9O4/c1-33(2,3)47-32(44)41-12-11-25(19-41)46-27-14-21(15-35)13-26(28(27)34)38-31-39-30(29-37-17-23(16-36)43(29)40-31)42(22-7-8-22)18-20-5-9-24(45-4)10-6-20/h5-6,9-10,13-14,17,22,25H,7-8,11-12,18-19H2,1-4H3,(H,38,40). The zero-order valence-electron chi connectivity index (χ0n) is 26.5. The molecule has 1 aliphatic carbocycles. The maximum Gasteiger partial charge on any atom is 0.410 e. The average Bonchev–Trinajstić information content (AvgIpc) is 3.63. The van der Waals surface area contributed by atoms with E-state index in [0.717, 1.165) is 24.2 Å². The van der Waals surface area contributed by atoms with Gasteiger partial charge in [-0.1, -0.05) is 23.7 Å². The quantitative estimate of drug-likeness (QED) is 0.232. The molecule has 13 nitrogen and oxygen atoms in total. The van der Waals surface area contributed by atoms with Gasteiger partial charge in [0, 0.05) is 25.6 Å². The second-order valence-electron chi connectivity index (χ2n) is 12.5. The van der Waals surface area contributed by atoms with E-state index >= 15 is 0 Å². The van der Waals surface area contributed by atoms with Crippen LogP contribution in [0.4, 0.5) is 22.2 Å². The minimum absolute atomic E-state index is 0.155. The van der Waals surface area contributed by atoms with Crippen LogP contribution in [0.1, 0.15) is 56.9 Å². The zero-order valence-corrected chi connectivity index (χ0v) is 27.3. The number of halogens is 1. The minimum atomic E-state index is -0.609. The Labute approximate surface area is 277 Å². The van der Waals surface area contributed by atoms with Crippen molar-refractivity contribution in [3.8, 4) is 23.6 Å². The number of fused-ring (bicyclic) bond motifs is 1. The van der Waals surface area contributed by atoms with Gasteiger partial charge in [-0.2, -0.15) is 20.0 Å². The molecule has 1 saturated carbocycles. The Balaban J connectivity index is 1.30. The van der Waals surface area contributed by atoms with E-state index in [1.54, 1.807) is 24.1 Å². The molecule has 2 fully saturated rings. The van der Waals surface area contributed by atoms with Crippen LogP contribution in [-0.4, -0.2) is 68.5 Å². The first-order chi connectivity index (χ1) is 22.5. The maximum absolute atomic E-state index is 12.6. The van der Waals surface area contributed by atoms with Crippen molar-refractivity contribution in [1.82, 2.24) is 24.5 Å². The van der Waals surface area contributed by atoms with Gasteiger partial charge in [-0.05, 0) is 63.4 Å². The van der Waals surface area contributed by atoms with Crippen LogP contribution in [0.25, 0.3) is 5.65 Å². The molecule has 3 heterocycles. The van der Waals surface area contributed by atoms with Crippen molar-refractivity contribution in [2.24, 2.45) is 0 Å². The molecule has 1 atom stereocenters. The van der Waals surface area contributed by atoms with Crippen molar-refractivity contribution >= 4 is 40.8 Å². The van der Waals surface area contributed by atoms with Crippen LogP contribution >= 0.6 is 11.6 Å². The van der Waals surface area contributed by atoms with Gasteiger partial charge in [0.25, 0.3) is 0 Å². The van der Waals surface area contributed by atoms with E-state index < -0.39 is 11.7 Å². The van der Waals surface area contributed by atoms with Crippen LogP contribution in [0.3, 0.4) is 0 Å². The van der Waals surface area contributed by atoms with E-state index in [4.69, 9.17) is 30.8 Å². The third-order valence-electron chi connectivity index (χ3n) is 7.74. The monoisotopic (exact) mass is 655 g/mol. The minimum Gasteiger partial charge on any atom is -0.497 e. The largest absolute Gasteiger partial charge is 0.497 e. The van der Waals surface area contributed by atoms with Crippen LogP contribution in [-0.2, 0) is 11.3 Å². The van der Waals surface area contributed by atoms with E-state index in [2.05, 4.69) is 32.4 Å². The summed E-state index contributed by atoms with van der Waals surface area (Å²) in [6.07, 6.45) is 3.26. The van der Waals surface area contributed by atoms with Crippen molar-refractivity contribution in [2.45, 2.75) is 64.3 Å². The summed E-state index contributed by atoms with van der Waals surface area (Å²) < 4.78 is 18.5. The van der Waals surface area contributed by atoms with Crippen molar-refractivity contribution < 1.29 is 19.0 Å². The molecule has 14 heteroatoms. The molecule has 0 radical (unpaired) electrons. The molecule has 47 heavy (non-hydrogen) atoms. The lowest BCUT2D eigenvalue weighted by atomic mass is 10.2. The third kappa shape index (κ3) is 7.11. The first-order valence-electron chi connectivity index (χ1n) is 15.3. The number of nitriles is 2. The molecule has 2 aromatic heterocycles. The first-order valence-corrected chi connectivity index (χ1v) is 15.6. The summed E-state index contributed by atoms with van der Waals surface area (Å²) in [6.45, 7) is 6.80. The van der Waals surface area contributed by atoms with E-state index in [1.807, 2.05) is 45.0 Å². The molecule has 242 valence electrons. The number of nitrogens with zero attached hydrogens (tertiary/aromatic N) is 8. The van der Waals surface area contributed by atoms with E-state index in [1.165, 1.54) is 10.7 Å². The number of likely N-dealkylation sites (tertiary alicyclic amines) is 1. The van der Waals surface area contributed by atoms with Crippen molar-refractivity contribution in [3.63, 3.8) is 0 Å². The number of aromatic nitrogens is 4. The number of anilines is 3. The molecular weight excluding hydrogens is 622 g/mol. The number of ether oxygens (including phenoxy) is 3. The van der Waals surface area contributed by atoms with Crippen molar-refractivity contribution in [2.75, 3.05) is 30.4 Å². The predicted molar refractivity (Wildman–Crippen MR) is 174 cm³/mol. The summed E-state index contributed by atoms with van der Waals surface area (Å²) in [5, 5.41) is 27.6. The average molecular weight is 656 g/mol. The lowest BCUT2D eigenvalue weighted by Gasteiger charge is -2.25. The number of rotatable bonds is 9. The summed E-state index contributed by atoms with van der Waals surface area (Å²) in [5.74, 6) is 1.76. The van der Waals surface area contributed by atoms with Crippen LogP contribution < -0.4 is 19.7 Å². The van der Waals surface area contributed by atoms with Crippen LogP contribution in [0.5, 0.6) is 11.5 Å². The Morgan fingerprint density at radius 3 is 2.57 bits per heavy atom. The van der Waals surface area contributed by atoms with Gasteiger partial charge in [0.1, 0.15) is 34.3 Å². The molecule has 1 unspecified atom stereocenters. The number of carbonyl (C=O) groups is 1. The van der Waals surface area contributed by atoms with Crippen molar-refractivity contribution in [3.05, 3.63) is 64.4 Å². The Kier molecular flexibility index (Phi) is 8.67. The number of hydrogen-bond donors (Lipinski definition) is 1. The Hall–Kier alpha value is -5.27. The highest BCUT2D eigenvalue weighted by molar-refractivity contribution is 6.34. The van der Waals surface area contributed by atoms with E-state index in [-0.39, 0.29) is 34.6 Å². The summed E-state index contributed by atoms with van der Waals surface area (Å²) >= 11 is 6.85. The third-order valence-corrected chi connectivity index (χ3v) is 8.13. The molecule has 1 amide bonds. The van der Waals surface area contributed by atoms with Gasteiger partial charge in [-0.15, -0.1) is 5.10 Å². The fraction of sp³-hybridized carbons (Fsp3) is 0.394. The number of hydrogen-bond acceptors (Lipinski definition) is 11. The van der Waals surface area contributed by atoms with Crippen LogP contribution in [0, 0.1) is 22.7 Å². The second kappa shape index (κ2) is 12.9. The van der Waals surface area contributed by atoms with Gasteiger partial charge in [-0.25, -0.2) is 9.78 Å². The Morgan fingerprint density at radius 1 is 1.15 bits per heavy atom. The molecular formula is C33H34ClN9O4. The van der Waals surface area contributed by atoms with Crippen LogP contribution in [0.2, 0.25) is 5.02 Å². The van der Waals surface area contributed by atoms with Crippen LogP contribution in [0.15, 0.2) is 42.6 Å². The molecule has 6 rings (SSSR count). The summed E-state index contributed by atoms with van der Waals surface area (Å²) in [6, 6.07) is 15.5. The molecule has 2 aliphatic rings. The molecule has 1 saturated heterocycles. The number of imidazole rings is 1. The van der Waals surface area contributed by atoms with Crippen molar-refractivity contribution in [1.29, 1.82) is 10.5 Å². The van der Waals surface area contributed by atoms with E-state index in [9.17, 15) is 15.3 Å². The molecule has 0 bridgehead atoms. The lowest BCUT2D eigenvalue weighted by Crippen LogP contribution is -2.36. The van der Waals surface area contributed by atoms with Gasteiger partial charge >= 0.3 is 6.09 Å². The summed E-state index contributed by atoms with van der Waals surface area (Å²) in [7, 11) is 1.63. The topological polar surface area (TPSA) is 154 Å². The molecule has 1 N–H and O–H groups in total. The fourth-order valence-electron chi connectivity index (χ4n) is 5.34. The lowest BCUT2D eigenvalue weighted by molar-refractivity contribution is 0.0275. The highest BCUT2D eigenvalue weighted by Crippen LogP contribution is 2.38. The predicted octanol–water partition coefficient (Wildman–Crippen LogP) is 5.83. The molecule has 1 aliphatic heterocycles. The number of amides is 1. The highest BCUT2D eigenvalue weighted by Gasteiger charge is 2.34. The summed E-state index contributed by atoms with van der Waals surface area (Å²) in [5.41, 5.74) is 1.78. The SMILES string of the molecule is COc1ccc(CN(c2nc(Nc3cc(C#N)cc(OC4CCN(C(=O)OC(C)(C)C)C4)c3Cl)nn3c(C#N)cnc23)C2CC2)cc1. The smallest absolute Gasteiger partial charge is 0.410 e.